The molecule has 0 aliphatic heterocycles. The standard InChI is InChI=1S/C20H30N4OS.HI/c1-5-21-20(22-11-10-17-14-26-16(4)24-17)23-12-13-25-19-9-7-6-8-18(19)15(2)3;/h6-9,14-15H,5,10-13H2,1-4H3,(H2,21,22,23);1H. The van der Waals surface area contributed by atoms with E-state index in [1.807, 2.05) is 19.1 Å². The molecule has 0 unspecified atom stereocenters. The van der Waals surface area contributed by atoms with Gasteiger partial charge in [-0.15, -0.1) is 35.3 Å². The van der Waals surface area contributed by atoms with E-state index < -0.39 is 0 Å². The van der Waals surface area contributed by atoms with Crippen LogP contribution in [0, 0.1) is 6.92 Å². The van der Waals surface area contributed by atoms with Crippen molar-refractivity contribution in [3.05, 3.63) is 45.9 Å². The fraction of sp³-hybridized carbons (Fsp3) is 0.500. The lowest BCUT2D eigenvalue weighted by Gasteiger charge is -2.15. The van der Waals surface area contributed by atoms with Crippen LogP contribution in [-0.4, -0.2) is 37.2 Å². The van der Waals surface area contributed by atoms with Crippen molar-refractivity contribution in [3.8, 4) is 5.75 Å². The molecule has 27 heavy (non-hydrogen) atoms. The minimum absolute atomic E-state index is 0. The van der Waals surface area contributed by atoms with E-state index in [0.717, 1.165) is 41.9 Å². The Morgan fingerprint density at radius 1 is 1.26 bits per heavy atom. The van der Waals surface area contributed by atoms with E-state index in [9.17, 15) is 0 Å². The van der Waals surface area contributed by atoms with Gasteiger partial charge in [-0.3, -0.25) is 4.99 Å². The van der Waals surface area contributed by atoms with Gasteiger partial charge in [0.05, 0.1) is 17.2 Å². The topological polar surface area (TPSA) is 58.5 Å². The fourth-order valence-electron chi connectivity index (χ4n) is 2.57. The molecule has 5 nitrogen and oxygen atoms in total. The maximum Gasteiger partial charge on any atom is 0.191 e. The second kappa shape index (κ2) is 12.9. The Bertz CT molecular complexity index is 703. The van der Waals surface area contributed by atoms with Crippen molar-refractivity contribution in [3.63, 3.8) is 0 Å². The number of aliphatic imine (C=N–C) groups is 1. The molecule has 2 aromatic rings. The highest BCUT2D eigenvalue weighted by atomic mass is 127. The third-order valence-electron chi connectivity index (χ3n) is 3.84. The molecule has 0 saturated heterocycles. The van der Waals surface area contributed by atoms with E-state index in [0.29, 0.717) is 19.1 Å². The number of aryl methyl sites for hydroxylation is 1. The first kappa shape index (κ1) is 23.7. The zero-order chi connectivity index (χ0) is 18.8. The van der Waals surface area contributed by atoms with E-state index >= 15 is 0 Å². The predicted octanol–water partition coefficient (Wildman–Crippen LogP) is 4.37. The molecule has 0 aliphatic rings. The molecule has 0 radical (unpaired) electrons. The van der Waals surface area contributed by atoms with Crippen molar-refractivity contribution >= 4 is 41.3 Å². The van der Waals surface area contributed by atoms with E-state index in [2.05, 4.69) is 58.9 Å². The zero-order valence-electron chi connectivity index (χ0n) is 16.6. The van der Waals surface area contributed by atoms with Gasteiger partial charge in [0.15, 0.2) is 5.96 Å². The number of hydrogen-bond acceptors (Lipinski definition) is 4. The zero-order valence-corrected chi connectivity index (χ0v) is 19.8. The number of aromatic nitrogens is 1. The highest BCUT2D eigenvalue weighted by Gasteiger charge is 2.06. The molecule has 1 aromatic heterocycles. The van der Waals surface area contributed by atoms with Gasteiger partial charge < -0.3 is 15.4 Å². The molecule has 2 N–H and O–H groups in total. The largest absolute Gasteiger partial charge is 0.491 e. The number of guanidine groups is 1. The Kier molecular flexibility index (Phi) is 11.3. The Morgan fingerprint density at radius 3 is 2.70 bits per heavy atom. The predicted molar refractivity (Wildman–Crippen MR) is 126 cm³/mol. The van der Waals surface area contributed by atoms with Gasteiger partial charge in [-0.2, -0.15) is 0 Å². The maximum absolute atomic E-state index is 5.95. The van der Waals surface area contributed by atoms with E-state index in [1.165, 1.54) is 5.56 Å². The van der Waals surface area contributed by atoms with Gasteiger partial charge in [-0.1, -0.05) is 32.0 Å². The summed E-state index contributed by atoms with van der Waals surface area (Å²) in [6, 6.07) is 8.23. The molecule has 150 valence electrons. The molecule has 0 atom stereocenters. The van der Waals surface area contributed by atoms with Crippen LogP contribution in [0.4, 0.5) is 0 Å². The number of benzene rings is 1. The van der Waals surface area contributed by atoms with Crippen LogP contribution in [0.3, 0.4) is 0 Å². The number of hydrogen-bond donors (Lipinski definition) is 2. The second-order valence-corrected chi connectivity index (χ2v) is 7.40. The van der Waals surface area contributed by atoms with Crippen molar-refractivity contribution < 1.29 is 4.74 Å². The third kappa shape index (κ3) is 8.47. The Labute approximate surface area is 184 Å². The van der Waals surface area contributed by atoms with Gasteiger partial charge in [0.25, 0.3) is 0 Å². The molecule has 0 aliphatic carbocycles. The number of nitrogens with zero attached hydrogens (tertiary/aromatic N) is 2. The van der Waals surface area contributed by atoms with Crippen molar-refractivity contribution in [1.82, 2.24) is 15.6 Å². The molecule has 0 fully saturated rings. The minimum atomic E-state index is 0. The van der Waals surface area contributed by atoms with Gasteiger partial charge in [0, 0.05) is 24.9 Å². The summed E-state index contributed by atoms with van der Waals surface area (Å²) in [5, 5.41) is 9.80. The molecule has 1 heterocycles. The fourth-order valence-corrected chi connectivity index (χ4v) is 3.21. The molecule has 0 bridgehead atoms. The van der Waals surface area contributed by atoms with E-state index in [-0.39, 0.29) is 24.0 Å². The monoisotopic (exact) mass is 502 g/mol. The lowest BCUT2D eigenvalue weighted by molar-refractivity contribution is 0.317. The maximum atomic E-state index is 5.95. The summed E-state index contributed by atoms with van der Waals surface area (Å²) in [5.41, 5.74) is 2.35. The van der Waals surface area contributed by atoms with Crippen molar-refractivity contribution in [1.29, 1.82) is 0 Å². The number of ether oxygens (including phenoxy) is 1. The molecular weight excluding hydrogens is 471 g/mol. The van der Waals surface area contributed by atoms with E-state index in [1.54, 1.807) is 11.3 Å². The van der Waals surface area contributed by atoms with Gasteiger partial charge in [-0.25, -0.2) is 4.98 Å². The summed E-state index contributed by atoms with van der Waals surface area (Å²) < 4.78 is 5.95. The van der Waals surface area contributed by atoms with Crippen LogP contribution < -0.4 is 15.4 Å². The first-order valence-electron chi connectivity index (χ1n) is 9.25. The highest BCUT2D eigenvalue weighted by molar-refractivity contribution is 14.0. The molecule has 2 rings (SSSR count). The second-order valence-electron chi connectivity index (χ2n) is 6.34. The number of para-hydroxylation sites is 1. The summed E-state index contributed by atoms with van der Waals surface area (Å²) in [7, 11) is 0. The third-order valence-corrected chi connectivity index (χ3v) is 4.66. The summed E-state index contributed by atoms with van der Waals surface area (Å²) >= 11 is 1.68. The van der Waals surface area contributed by atoms with Crippen LogP contribution in [0.15, 0.2) is 34.6 Å². The Hall–Kier alpha value is -1.35. The number of nitrogens with one attached hydrogen (secondary N) is 2. The number of thiazole rings is 1. The number of rotatable bonds is 9. The van der Waals surface area contributed by atoms with Gasteiger partial charge >= 0.3 is 0 Å². The molecule has 0 amide bonds. The SMILES string of the molecule is CCNC(=NCCc1csc(C)n1)NCCOc1ccccc1C(C)C.I. The molecule has 1 aromatic carbocycles. The molecule has 0 saturated carbocycles. The van der Waals surface area contributed by atoms with Crippen LogP contribution in [0.1, 0.15) is 43.0 Å². The summed E-state index contributed by atoms with van der Waals surface area (Å²) in [5.74, 6) is 2.23. The molecule has 7 heteroatoms. The van der Waals surface area contributed by atoms with Crippen molar-refractivity contribution in [2.75, 3.05) is 26.2 Å². The van der Waals surface area contributed by atoms with Gasteiger partial charge in [-0.05, 0) is 31.4 Å². The minimum Gasteiger partial charge on any atom is -0.491 e. The Balaban J connectivity index is 0.00000364. The first-order valence-corrected chi connectivity index (χ1v) is 10.1. The molecule has 0 spiro atoms. The smallest absolute Gasteiger partial charge is 0.191 e. The lowest BCUT2D eigenvalue weighted by Crippen LogP contribution is -2.39. The number of halogens is 1. The molecular formula is C20H31IN4OS. The van der Waals surface area contributed by atoms with Gasteiger partial charge in [0.1, 0.15) is 12.4 Å². The normalized spacial score (nSPS) is 11.2. The average Bonchev–Trinajstić information content (AvgIpc) is 3.04. The summed E-state index contributed by atoms with van der Waals surface area (Å²) in [4.78, 5) is 9.09. The Morgan fingerprint density at radius 2 is 2.04 bits per heavy atom. The highest BCUT2D eigenvalue weighted by Crippen LogP contribution is 2.25. The quantitative estimate of drug-likeness (QED) is 0.232. The van der Waals surface area contributed by atoms with Crippen LogP contribution in [-0.2, 0) is 6.42 Å². The summed E-state index contributed by atoms with van der Waals surface area (Å²) in [6.07, 6.45) is 0.860. The first-order chi connectivity index (χ1) is 12.6. The van der Waals surface area contributed by atoms with Crippen LogP contribution in [0.5, 0.6) is 5.75 Å². The van der Waals surface area contributed by atoms with Crippen LogP contribution in [0.25, 0.3) is 0 Å². The van der Waals surface area contributed by atoms with E-state index in [4.69, 9.17) is 4.74 Å². The lowest BCUT2D eigenvalue weighted by atomic mass is 10.0. The van der Waals surface area contributed by atoms with Crippen LogP contribution in [0.2, 0.25) is 0 Å². The van der Waals surface area contributed by atoms with Crippen molar-refractivity contribution in [2.45, 2.75) is 40.0 Å². The van der Waals surface area contributed by atoms with Crippen molar-refractivity contribution in [2.24, 2.45) is 4.99 Å². The summed E-state index contributed by atoms with van der Waals surface area (Å²) in [6.45, 7) is 11.3. The van der Waals surface area contributed by atoms with Crippen LogP contribution >= 0.6 is 35.3 Å². The average molecular weight is 502 g/mol. The van der Waals surface area contributed by atoms with Gasteiger partial charge in [0.2, 0.25) is 0 Å².